The van der Waals surface area contributed by atoms with E-state index < -0.39 is 0 Å². The van der Waals surface area contributed by atoms with Gasteiger partial charge in [0, 0.05) is 48.1 Å². The fourth-order valence-corrected chi connectivity index (χ4v) is 9.29. The van der Waals surface area contributed by atoms with Crippen molar-refractivity contribution in [2.75, 3.05) is 0 Å². The molecule has 0 fully saturated rings. The van der Waals surface area contributed by atoms with Gasteiger partial charge in [-0.3, -0.25) is 9.78 Å². The number of aliphatic hydroxyl groups excluding tert-OH is 1. The first-order valence-corrected chi connectivity index (χ1v) is 19.2. The van der Waals surface area contributed by atoms with E-state index in [1.807, 2.05) is 52.9 Å². The van der Waals surface area contributed by atoms with Crippen LogP contribution < -0.4 is 0 Å². The number of hydrogen-bond acceptors (Lipinski definition) is 7. The van der Waals surface area contributed by atoms with Gasteiger partial charge in [0.15, 0.2) is 5.78 Å². The Kier molecular flexibility index (Phi) is 11.8. The van der Waals surface area contributed by atoms with Gasteiger partial charge in [-0.2, -0.15) is 11.3 Å². The molecule has 0 unspecified atom stereocenters. The van der Waals surface area contributed by atoms with Crippen molar-refractivity contribution in [1.82, 2.24) is 9.97 Å². The number of thiophene rings is 3. The summed E-state index contributed by atoms with van der Waals surface area (Å²) in [5.41, 5.74) is 4.18. The molecule has 1 radical (unpaired) electrons. The first-order chi connectivity index (χ1) is 22.2. The predicted octanol–water partition coefficient (Wildman–Crippen LogP) is 13.0. The van der Waals surface area contributed by atoms with Crippen LogP contribution in [0.5, 0.6) is 0 Å². The largest absolute Gasteiger partial charge is 0.512 e. The van der Waals surface area contributed by atoms with Gasteiger partial charge in [0.25, 0.3) is 0 Å². The summed E-state index contributed by atoms with van der Waals surface area (Å²) in [4.78, 5) is 22.6. The summed E-state index contributed by atoms with van der Waals surface area (Å²) in [6.45, 7) is 21.1. The predicted molar refractivity (Wildman–Crippen MR) is 206 cm³/mol. The summed E-state index contributed by atoms with van der Waals surface area (Å²) in [6, 6.07) is 12.6. The second kappa shape index (κ2) is 14.8. The Morgan fingerprint density at radius 2 is 1.52 bits per heavy atom. The van der Waals surface area contributed by atoms with Crippen LogP contribution in [0.25, 0.3) is 51.7 Å². The average Bonchev–Trinajstić information content (AvgIpc) is 3.79. The molecule has 1 N–H and O–H groups in total. The number of benzene rings is 2. The Bertz CT molecular complexity index is 2100. The zero-order chi connectivity index (χ0) is 34.3. The van der Waals surface area contributed by atoms with E-state index in [0.717, 1.165) is 47.2 Å². The molecule has 6 aromatic rings. The molecule has 48 heavy (non-hydrogen) atoms. The number of ketones is 1. The van der Waals surface area contributed by atoms with Crippen LogP contribution in [-0.4, -0.2) is 20.9 Å². The Labute approximate surface area is 311 Å². The fraction of sp³-hybridized carbons (Fsp3) is 0.425. The molecule has 2 aromatic carbocycles. The number of hydrogen-bond donors (Lipinski definition) is 1. The summed E-state index contributed by atoms with van der Waals surface area (Å²) < 4.78 is 3.99. The molecule has 0 aliphatic heterocycles. The van der Waals surface area contributed by atoms with Gasteiger partial charge in [0.1, 0.15) is 16.9 Å². The number of carbonyl (C=O) groups excluding carboxylic acids is 1. The Balaban J connectivity index is 0.000000251. The average molecular weight is 876 g/mol. The molecule has 0 saturated carbocycles. The number of nitrogens with zero attached hydrogens (tertiary/aromatic N) is 2. The van der Waals surface area contributed by atoms with Crippen molar-refractivity contribution in [3.05, 3.63) is 70.4 Å². The number of aromatic nitrogens is 2. The van der Waals surface area contributed by atoms with E-state index in [1.54, 1.807) is 29.0 Å². The maximum atomic E-state index is 12.2. The van der Waals surface area contributed by atoms with Gasteiger partial charge < -0.3 is 5.11 Å². The van der Waals surface area contributed by atoms with Crippen LogP contribution in [0.4, 0.5) is 0 Å². The van der Waals surface area contributed by atoms with E-state index in [4.69, 9.17) is 4.98 Å². The van der Waals surface area contributed by atoms with Crippen molar-refractivity contribution in [3.8, 4) is 11.3 Å². The van der Waals surface area contributed by atoms with Crippen LogP contribution in [-0.2, 0) is 30.3 Å². The molecule has 0 bridgehead atoms. The molecule has 0 amide bonds. The second-order valence-electron chi connectivity index (χ2n) is 14.2. The smallest absolute Gasteiger partial charge is 0.164 e. The van der Waals surface area contributed by atoms with Crippen LogP contribution in [0, 0.1) is 23.8 Å². The minimum atomic E-state index is -0.337. The molecule has 4 nitrogen and oxygen atoms in total. The standard InChI is InChI=1S/C25H19N2S3.C15H28O2.Ir/c1-13-11-29-22-16(13)5-6-17-19-20(26-12-27-24(19)30-23(17)22)15-9-14-7-8-28-21(14)18(10-15)25(2,3)4;1-7-14(5,8-2)12(16)11-13(17)15(6,9-3)10-4;/h5-8,10-12H,1-4H3;11,16H,7-10H2,1-6H3;/q-1;;/b;12-11-;. The van der Waals surface area contributed by atoms with E-state index in [0.29, 0.717) is 0 Å². The van der Waals surface area contributed by atoms with Crippen molar-refractivity contribution in [2.45, 2.75) is 100 Å². The summed E-state index contributed by atoms with van der Waals surface area (Å²) in [5.74, 6) is 0.286. The molecule has 0 saturated heterocycles. The molecular formula is C40H47IrN2O2S3-. The topological polar surface area (TPSA) is 63.1 Å². The van der Waals surface area contributed by atoms with Crippen LogP contribution in [0.15, 0.2) is 53.2 Å². The van der Waals surface area contributed by atoms with Gasteiger partial charge in [-0.25, -0.2) is 4.98 Å². The van der Waals surface area contributed by atoms with Crippen LogP contribution in [0.2, 0.25) is 0 Å². The molecule has 0 spiro atoms. The summed E-state index contributed by atoms with van der Waals surface area (Å²) in [7, 11) is 0. The monoisotopic (exact) mass is 876 g/mol. The Morgan fingerprint density at radius 3 is 2.15 bits per heavy atom. The van der Waals surface area contributed by atoms with E-state index in [2.05, 4.69) is 73.8 Å². The van der Waals surface area contributed by atoms with Crippen molar-refractivity contribution >= 4 is 80.3 Å². The minimum absolute atomic E-state index is 0. The molecule has 8 heteroatoms. The van der Waals surface area contributed by atoms with Gasteiger partial charge >= 0.3 is 0 Å². The van der Waals surface area contributed by atoms with Crippen molar-refractivity contribution in [2.24, 2.45) is 10.8 Å². The number of aliphatic hydroxyl groups is 1. The third-order valence-corrected chi connectivity index (χ3v) is 13.6. The summed E-state index contributed by atoms with van der Waals surface area (Å²) in [5, 5.41) is 19.4. The maximum Gasteiger partial charge on any atom is 0.164 e. The van der Waals surface area contributed by atoms with Gasteiger partial charge in [-0.1, -0.05) is 85.6 Å². The first-order valence-electron chi connectivity index (χ1n) is 16.6. The maximum absolute atomic E-state index is 12.2. The zero-order valence-corrected chi connectivity index (χ0v) is 34.6. The van der Waals surface area contributed by atoms with Gasteiger partial charge in [-0.05, 0) is 69.8 Å². The first kappa shape index (κ1) is 38.3. The van der Waals surface area contributed by atoms with E-state index in [9.17, 15) is 9.90 Å². The molecule has 4 aromatic heterocycles. The second-order valence-corrected chi connectivity index (χ2v) is 17.0. The zero-order valence-electron chi connectivity index (χ0n) is 29.8. The van der Waals surface area contributed by atoms with E-state index in [-0.39, 0.29) is 47.9 Å². The number of fused-ring (bicyclic) bond motifs is 6. The van der Waals surface area contributed by atoms with Crippen molar-refractivity contribution < 1.29 is 30.0 Å². The fourth-order valence-electron chi connectivity index (χ4n) is 5.86. The third-order valence-electron chi connectivity index (χ3n) is 10.3. The molecule has 4 heterocycles. The Hall–Kier alpha value is -2.48. The van der Waals surface area contributed by atoms with E-state index >= 15 is 0 Å². The number of carbonyl (C=O) groups is 1. The summed E-state index contributed by atoms with van der Waals surface area (Å²) in [6.07, 6.45) is 6.46. The quantitative estimate of drug-likeness (QED) is 0.0940. The molecule has 257 valence electrons. The van der Waals surface area contributed by atoms with Gasteiger partial charge in [0.2, 0.25) is 0 Å². The SMILES string of the molecule is CCC(C)(CC)C(=O)/C=C(\O)C(C)(CC)CC.Cc1csc2c1ccc1c2sc2ncnc(-c3[c-]c4ccsc4c(C(C)(C)C)c3)c21.[Ir]. The molecule has 6 rings (SSSR count). The van der Waals surface area contributed by atoms with Gasteiger partial charge in [0.05, 0.1) is 9.40 Å². The van der Waals surface area contributed by atoms with Crippen molar-refractivity contribution in [1.29, 1.82) is 0 Å². The summed E-state index contributed by atoms with van der Waals surface area (Å²) >= 11 is 5.40. The van der Waals surface area contributed by atoms with Gasteiger partial charge in [-0.15, -0.1) is 46.3 Å². The van der Waals surface area contributed by atoms with Crippen LogP contribution in [0.1, 0.15) is 99.1 Å². The third kappa shape index (κ3) is 7.07. The van der Waals surface area contributed by atoms with Crippen LogP contribution >= 0.6 is 34.0 Å². The number of allylic oxidation sites excluding steroid dienone is 2. The molecule has 0 atom stereocenters. The van der Waals surface area contributed by atoms with Crippen molar-refractivity contribution in [3.63, 3.8) is 0 Å². The van der Waals surface area contributed by atoms with E-state index in [1.165, 1.54) is 47.5 Å². The normalized spacial score (nSPS) is 12.8. The Morgan fingerprint density at radius 1 is 0.875 bits per heavy atom. The minimum Gasteiger partial charge on any atom is -0.512 e. The number of rotatable bonds is 8. The molecular weight excluding hydrogens is 829 g/mol. The number of aryl methyl sites for hydroxylation is 1. The molecule has 0 aliphatic carbocycles. The molecule has 0 aliphatic rings. The van der Waals surface area contributed by atoms with Crippen LogP contribution in [0.3, 0.4) is 0 Å².